The van der Waals surface area contributed by atoms with Gasteiger partial charge in [0.15, 0.2) is 5.82 Å². The van der Waals surface area contributed by atoms with Gasteiger partial charge in [-0.1, -0.05) is 29.9 Å². The highest BCUT2D eigenvalue weighted by molar-refractivity contribution is 7.19. The van der Waals surface area contributed by atoms with Crippen molar-refractivity contribution in [1.29, 1.82) is 0 Å². The fourth-order valence-corrected chi connectivity index (χ4v) is 3.49. The number of anilines is 1. The molecule has 0 amide bonds. The van der Waals surface area contributed by atoms with Gasteiger partial charge >= 0.3 is 0 Å². The highest BCUT2D eigenvalue weighted by atomic mass is 35.5. The molecule has 0 fully saturated rings. The third-order valence-corrected chi connectivity index (χ3v) is 4.31. The summed E-state index contributed by atoms with van der Waals surface area (Å²) in [6, 6.07) is 5.75. The van der Waals surface area contributed by atoms with Crippen LogP contribution in [0.5, 0.6) is 0 Å². The van der Waals surface area contributed by atoms with E-state index in [-0.39, 0.29) is 0 Å². The number of hydrogen-bond donors (Lipinski definition) is 1. The molecule has 0 unspecified atom stereocenters. The largest absolute Gasteiger partial charge is 0.378 e. The predicted octanol–water partition coefficient (Wildman–Crippen LogP) is 3.45. The SMILES string of the molecule is CCCc1[nH+]c2c(N)nc3cc(Cl)ccc3c2s1. The molecule has 3 nitrogen and oxygen atoms in total. The van der Waals surface area contributed by atoms with E-state index in [9.17, 15) is 0 Å². The summed E-state index contributed by atoms with van der Waals surface area (Å²) in [5.74, 6) is 0.540. The monoisotopic (exact) mass is 278 g/mol. The molecule has 2 heterocycles. The van der Waals surface area contributed by atoms with Crippen molar-refractivity contribution in [3.8, 4) is 0 Å². The zero-order valence-electron chi connectivity index (χ0n) is 9.96. The van der Waals surface area contributed by atoms with Crippen molar-refractivity contribution in [3.05, 3.63) is 28.2 Å². The fraction of sp³-hybridized carbons (Fsp3) is 0.231. The lowest BCUT2D eigenvalue weighted by molar-refractivity contribution is -0.350. The third kappa shape index (κ3) is 1.82. The second kappa shape index (κ2) is 4.37. The highest BCUT2D eigenvalue weighted by Gasteiger charge is 2.17. The summed E-state index contributed by atoms with van der Waals surface area (Å²) in [4.78, 5) is 7.78. The van der Waals surface area contributed by atoms with Crippen LogP contribution in [0, 0.1) is 0 Å². The van der Waals surface area contributed by atoms with Gasteiger partial charge in [0.2, 0.25) is 5.01 Å². The lowest BCUT2D eigenvalue weighted by atomic mass is 10.2. The maximum Gasteiger partial charge on any atom is 0.265 e. The molecule has 3 aromatic rings. The summed E-state index contributed by atoms with van der Waals surface area (Å²) >= 11 is 7.74. The van der Waals surface area contributed by atoms with Gasteiger partial charge in [-0.15, -0.1) is 0 Å². The Bertz CT molecular complexity index is 736. The molecule has 2 aromatic heterocycles. The predicted molar refractivity (Wildman–Crippen MR) is 77.1 cm³/mol. The number of rotatable bonds is 2. The zero-order chi connectivity index (χ0) is 12.7. The fourth-order valence-electron chi connectivity index (χ4n) is 2.08. The summed E-state index contributed by atoms with van der Waals surface area (Å²) in [5, 5.41) is 3.03. The lowest BCUT2D eigenvalue weighted by Gasteiger charge is -1.98. The van der Waals surface area contributed by atoms with Crippen molar-refractivity contribution in [2.75, 3.05) is 5.73 Å². The number of benzene rings is 1. The van der Waals surface area contributed by atoms with Crippen molar-refractivity contribution in [2.45, 2.75) is 19.8 Å². The van der Waals surface area contributed by atoms with Crippen molar-refractivity contribution >= 4 is 49.9 Å². The smallest absolute Gasteiger partial charge is 0.265 e. The minimum Gasteiger partial charge on any atom is -0.378 e. The second-order valence-corrected chi connectivity index (χ2v) is 5.80. The van der Waals surface area contributed by atoms with Gasteiger partial charge in [-0.3, -0.25) is 0 Å². The topological polar surface area (TPSA) is 53.0 Å². The van der Waals surface area contributed by atoms with Gasteiger partial charge in [-0.05, 0) is 24.6 Å². The standard InChI is InChI=1S/C13H12ClN3S/c1-2-3-10-17-11-12(18-10)8-5-4-7(14)6-9(8)16-13(11)15/h4-6H,2-3H2,1H3,(H2,15,16)/p+1. The number of nitrogens with zero attached hydrogens (tertiary/aromatic N) is 1. The molecule has 92 valence electrons. The number of fused-ring (bicyclic) bond motifs is 3. The maximum absolute atomic E-state index is 6.00. The highest BCUT2D eigenvalue weighted by Crippen LogP contribution is 2.31. The Hall–Kier alpha value is -1.39. The van der Waals surface area contributed by atoms with Crippen LogP contribution in [-0.4, -0.2) is 4.98 Å². The number of nitrogen functional groups attached to an aromatic ring is 1. The summed E-state index contributed by atoms with van der Waals surface area (Å²) in [5.41, 5.74) is 7.80. The van der Waals surface area contributed by atoms with Crippen molar-refractivity contribution in [3.63, 3.8) is 0 Å². The van der Waals surface area contributed by atoms with E-state index < -0.39 is 0 Å². The number of pyridine rings is 1. The molecule has 0 atom stereocenters. The van der Waals surface area contributed by atoms with Gasteiger partial charge in [0.1, 0.15) is 4.70 Å². The quantitative estimate of drug-likeness (QED) is 0.780. The van der Waals surface area contributed by atoms with Gasteiger partial charge in [-0.25, -0.2) is 4.98 Å². The molecule has 0 aliphatic carbocycles. The normalized spacial score (nSPS) is 11.4. The van der Waals surface area contributed by atoms with Crippen molar-refractivity contribution in [2.24, 2.45) is 0 Å². The first-order valence-electron chi connectivity index (χ1n) is 5.88. The molecule has 0 aliphatic heterocycles. The summed E-state index contributed by atoms with van der Waals surface area (Å²) in [6.45, 7) is 2.16. The van der Waals surface area contributed by atoms with Gasteiger partial charge in [0, 0.05) is 16.8 Å². The number of nitrogens with two attached hydrogens (primary N) is 1. The number of H-pyrrole nitrogens is 1. The van der Waals surface area contributed by atoms with Crippen LogP contribution in [0.3, 0.4) is 0 Å². The number of hydrogen-bond acceptors (Lipinski definition) is 3. The summed E-state index contributed by atoms with van der Waals surface area (Å²) < 4.78 is 1.16. The Balaban J connectivity index is 2.37. The molecule has 1 aromatic carbocycles. The van der Waals surface area contributed by atoms with Gasteiger partial charge in [0.05, 0.1) is 5.52 Å². The van der Waals surface area contributed by atoms with Crippen LogP contribution in [0.1, 0.15) is 18.4 Å². The van der Waals surface area contributed by atoms with Crippen LogP contribution in [0.15, 0.2) is 18.2 Å². The van der Waals surface area contributed by atoms with E-state index in [2.05, 4.69) is 16.9 Å². The first-order chi connectivity index (χ1) is 8.69. The van der Waals surface area contributed by atoms with Crippen molar-refractivity contribution in [1.82, 2.24) is 4.98 Å². The summed E-state index contributed by atoms with van der Waals surface area (Å²) in [6.07, 6.45) is 2.15. The van der Waals surface area contributed by atoms with E-state index >= 15 is 0 Å². The Kier molecular flexibility index (Phi) is 2.84. The Morgan fingerprint density at radius 1 is 1.44 bits per heavy atom. The Morgan fingerprint density at radius 3 is 3.06 bits per heavy atom. The van der Waals surface area contributed by atoms with E-state index in [1.807, 2.05) is 18.2 Å². The molecular weight excluding hydrogens is 266 g/mol. The van der Waals surface area contributed by atoms with Crippen LogP contribution in [0.4, 0.5) is 5.82 Å². The molecule has 18 heavy (non-hydrogen) atoms. The van der Waals surface area contributed by atoms with Crippen LogP contribution in [-0.2, 0) is 6.42 Å². The first-order valence-corrected chi connectivity index (χ1v) is 7.08. The van der Waals surface area contributed by atoms with E-state index in [0.717, 1.165) is 34.0 Å². The minimum absolute atomic E-state index is 0.540. The van der Waals surface area contributed by atoms with E-state index in [1.54, 1.807) is 11.3 Å². The second-order valence-electron chi connectivity index (χ2n) is 4.26. The molecule has 5 heteroatoms. The van der Waals surface area contributed by atoms with E-state index in [4.69, 9.17) is 17.3 Å². The molecule has 3 rings (SSSR count). The molecule has 0 radical (unpaired) electrons. The van der Waals surface area contributed by atoms with Gasteiger partial charge < -0.3 is 5.73 Å². The van der Waals surface area contributed by atoms with Gasteiger partial charge in [-0.2, -0.15) is 4.98 Å². The number of thiazole rings is 1. The number of aromatic nitrogens is 2. The van der Waals surface area contributed by atoms with Crippen LogP contribution in [0.25, 0.3) is 21.1 Å². The average Bonchev–Trinajstić information content (AvgIpc) is 2.74. The van der Waals surface area contributed by atoms with Crippen molar-refractivity contribution < 1.29 is 4.98 Å². The zero-order valence-corrected chi connectivity index (χ0v) is 11.5. The third-order valence-electron chi connectivity index (χ3n) is 2.90. The number of nitrogens with one attached hydrogen (secondary N) is 1. The van der Waals surface area contributed by atoms with Crippen LogP contribution < -0.4 is 10.7 Å². The number of halogens is 1. The molecule has 0 spiro atoms. The molecule has 3 N–H and O–H groups in total. The van der Waals surface area contributed by atoms with Gasteiger partial charge in [0.25, 0.3) is 5.52 Å². The Labute approximate surface area is 114 Å². The molecular formula is C13H13ClN3S+. The van der Waals surface area contributed by atoms with Crippen LogP contribution in [0.2, 0.25) is 5.02 Å². The average molecular weight is 279 g/mol. The molecule has 0 bridgehead atoms. The van der Waals surface area contributed by atoms with Crippen LogP contribution >= 0.6 is 22.9 Å². The first kappa shape index (κ1) is 11.7. The molecule has 0 saturated carbocycles. The van der Waals surface area contributed by atoms with E-state index in [1.165, 1.54) is 5.01 Å². The lowest BCUT2D eigenvalue weighted by Crippen LogP contribution is -2.07. The molecule has 0 saturated heterocycles. The Morgan fingerprint density at radius 2 is 2.28 bits per heavy atom. The maximum atomic E-state index is 6.00. The molecule has 0 aliphatic rings. The number of aromatic amines is 1. The summed E-state index contributed by atoms with van der Waals surface area (Å²) in [7, 11) is 0. The number of aryl methyl sites for hydroxylation is 1. The van der Waals surface area contributed by atoms with E-state index in [0.29, 0.717) is 10.8 Å². The minimum atomic E-state index is 0.540.